The molecule has 0 aliphatic carbocycles. The molecule has 0 spiro atoms. The number of halogens is 1. The minimum absolute atomic E-state index is 0.0520. The number of nitrogens with one attached hydrogen (secondary N) is 2. The molecule has 2 aliphatic rings. The van der Waals surface area contributed by atoms with Crippen LogP contribution in [-0.2, 0) is 20.9 Å². The topological polar surface area (TPSA) is 83.1 Å². The Kier molecular flexibility index (Phi) is 6.01. The maximum atomic E-state index is 12.0. The summed E-state index contributed by atoms with van der Waals surface area (Å²) in [6.45, 7) is 2.07. The lowest BCUT2D eigenvalue weighted by atomic mass is 10.0. The number of amides is 1. The molecular weight excluding hydrogens is 346 g/mol. The van der Waals surface area contributed by atoms with Gasteiger partial charge in [0.1, 0.15) is 6.26 Å². The van der Waals surface area contributed by atoms with Crippen LogP contribution in [0, 0.1) is 0 Å². The normalized spacial score (nSPS) is 18.2. The van der Waals surface area contributed by atoms with E-state index >= 15 is 0 Å². The van der Waals surface area contributed by atoms with Crippen molar-refractivity contribution in [1.29, 1.82) is 0 Å². The van der Waals surface area contributed by atoms with Gasteiger partial charge in [-0.2, -0.15) is 0 Å². The Balaban J connectivity index is 1.45. The molecule has 2 aliphatic heterocycles. The lowest BCUT2D eigenvalue weighted by Crippen LogP contribution is -2.44. The number of benzene rings is 1. The van der Waals surface area contributed by atoms with Gasteiger partial charge in [0.25, 0.3) is 0 Å². The van der Waals surface area contributed by atoms with Crippen LogP contribution in [0.5, 0.6) is 0 Å². The maximum Gasteiger partial charge on any atom is 0.240 e. The van der Waals surface area contributed by atoms with Gasteiger partial charge in [0.05, 0.1) is 13.2 Å². The molecule has 0 saturated carbocycles. The summed E-state index contributed by atoms with van der Waals surface area (Å²) < 4.78 is 9.97. The molecule has 0 unspecified atom stereocenters. The summed E-state index contributed by atoms with van der Waals surface area (Å²) in [6.07, 6.45) is 3.24. The quantitative estimate of drug-likeness (QED) is 0.709. The Bertz CT molecular complexity index is 645. The summed E-state index contributed by atoms with van der Waals surface area (Å²) in [5, 5.41) is 16.2. The molecule has 1 fully saturated rings. The van der Waals surface area contributed by atoms with Crippen molar-refractivity contribution in [1.82, 2.24) is 10.2 Å². The SMILES string of the molecule is O=C(CN1CCC(Nc2ccc(Cl)cc2CO)CC1)NC1=COCO1. The third-order valence-electron chi connectivity index (χ3n) is 4.29. The van der Waals surface area contributed by atoms with E-state index in [0.29, 0.717) is 23.5 Å². The number of rotatable bonds is 6. The molecule has 3 rings (SSSR count). The van der Waals surface area contributed by atoms with Gasteiger partial charge >= 0.3 is 0 Å². The van der Waals surface area contributed by atoms with Crippen LogP contribution in [-0.4, -0.2) is 48.4 Å². The summed E-state index contributed by atoms with van der Waals surface area (Å²) in [7, 11) is 0. The van der Waals surface area contributed by atoms with E-state index in [0.717, 1.165) is 37.2 Å². The van der Waals surface area contributed by atoms with Crippen LogP contribution in [0.25, 0.3) is 0 Å². The van der Waals surface area contributed by atoms with Gasteiger partial charge in [-0.15, -0.1) is 0 Å². The Morgan fingerprint density at radius 2 is 2.16 bits per heavy atom. The molecule has 7 nitrogen and oxygen atoms in total. The van der Waals surface area contributed by atoms with E-state index in [1.165, 1.54) is 6.26 Å². The van der Waals surface area contributed by atoms with E-state index < -0.39 is 0 Å². The highest BCUT2D eigenvalue weighted by Gasteiger charge is 2.22. The van der Waals surface area contributed by atoms with E-state index in [9.17, 15) is 9.90 Å². The van der Waals surface area contributed by atoms with E-state index in [1.807, 2.05) is 12.1 Å². The summed E-state index contributed by atoms with van der Waals surface area (Å²) in [5.74, 6) is 0.254. The summed E-state index contributed by atoms with van der Waals surface area (Å²) in [5.41, 5.74) is 1.70. The number of hydrogen-bond acceptors (Lipinski definition) is 6. The van der Waals surface area contributed by atoms with Crippen LogP contribution in [0.3, 0.4) is 0 Å². The number of hydrogen-bond donors (Lipinski definition) is 3. The van der Waals surface area contributed by atoms with Crippen molar-refractivity contribution < 1.29 is 19.4 Å². The molecule has 0 atom stereocenters. The molecule has 0 bridgehead atoms. The third-order valence-corrected chi connectivity index (χ3v) is 4.52. The lowest BCUT2D eigenvalue weighted by Gasteiger charge is -2.32. The summed E-state index contributed by atoms with van der Waals surface area (Å²) >= 11 is 5.96. The van der Waals surface area contributed by atoms with Crippen molar-refractivity contribution in [3.8, 4) is 0 Å². The summed E-state index contributed by atoms with van der Waals surface area (Å²) in [4.78, 5) is 14.1. The van der Waals surface area contributed by atoms with Crippen LogP contribution >= 0.6 is 11.6 Å². The van der Waals surface area contributed by atoms with Crippen molar-refractivity contribution in [3.63, 3.8) is 0 Å². The molecule has 1 saturated heterocycles. The van der Waals surface area contributed by atoms with Gasteiger partial charge in [-0.3, -0.25) is 15.0 Å². The molecule has 0 aromatic heterocycles. The number of aliphatic hydroxyl groups excluding tert-OH is 1. The summed E-state index contributed by atoms with van der Waals surface area (Å²) in [6, 6.07) is 5.78. The Morgan fingerprint density at radius 1 is 1.36 bits per heavy atom. The largest absolute Gasteiger partial charge is 0.459 e. The molecule has 2 heterocycles. The fourth-order valence-electron chi connectivity index (χ4n) is 2.98. The number of likely N-dealkylation sites (tertiary alicyclic amines) is 1. The first kappa shape index (κ1) is 17.8. The number of ether oxygens (including phenoxy) is 2. The predicted molar refractivity (Wildman–Crippen MR) is 93.7 cm³/mol. The van der Waals surface area contributed by atoms with Gasteiger partial charge in [-0.25, -0.2) is 0 Å². The van der Waals surface area contributed by atoms with Crippen LogP contribution < -0.4 is 10.6 Å². The van der Waals surface area contributed by atoms with Crippen LogP contribution in [0.2, 0.25) is 5.02 Å². The van der Waals surface area contributed by atoms with E-state index in [1.54, 1.807) is 6.07 Å². The molecule has 8 heteroatoms. The number of anilines is 1. The highest BCUT2D eigenvalue weighted by molar-refractivity contribution is 6.30. The van der Waals surface area contributed by atoms with Gasteiger partial charge < -0.3 is 19.9 Å². The molecule has 3 N–H and O–H groups in total. The van der Waals surface area contributed by atoms with Gasteiger partial charge in [0.15, 0.2) is 0 Å². The lowest BCUT2D eigenvalue weighted by molar-refractivity contribution is -0.122. The average molecular weight is 368 g/mol. The van der Waals surface area contributed by atoms with Crippen LogP contribution in [0.4, 0.5) is 5.69 Å². The standard InChI is InChI=1S/C17H22ClN3O4/c18-13-1-2-15(12(7-13)9-22)19-14-3-5-21(6-4-14)8-16(23)20-17-10-24-11-25-17/h1-2,7,10,14,19,22H,3-6,8-9,11H2,(H,20,23). The van der Waals surface area contributed by atoms with Crippen molar-refractivity contribution in [2.75, 3.05) is 31.7 Å². The van der Waals surface area contributed by atoms with Gasteiger partial charge in [0.2, 0.25) is 18.6 Å². The first-order valence-electron chi connectivity index (χ1n) is 8.26. The first-order valence-corrected chi connectivity index (χ1v) is 8.64. The number of nitrogens with zero attached hydrogens (tertiary/aromatic N) is 1. The monoisotopic (exact) mass is 367 g/mol. The fraction of sp³-hybridized carbons (Fsp3) is 0.471. The van der Waals surface area contributed by atoms with Crippen LogP contribution in [0.1, 0.15) is 18.4 Å². The Hall–Kier alpha value is -1.96. The highest BCUT2D eigenvalue weighted by Crippen LogP contribution is 2.23. The minimum atomic E-state index is -0.108. The Morgan fingerprint density at radius 3 is 2.84 bits per heavy atom. The molecule has 0 radical (unpaired) electrons. The molecule has 1 amide bonds. The average Bonchev–Trinajstić information content (AvgIpc) is 3.11. The third kappa shape index (κ3) is 5.01. The molecule has 1 aromatic rings. The number of aliphatic hydroxyl groups is 1. The zero-order chi connectivity index (χ0) is 17.6. The first-order chi connectivity index (χ1) is 12.1. The maximum absolute atomic E-state index is 12.0. The molecule has 136 valence electrons. The Labute approximate surface area is 151 Å². The molecule has 25 heavy (non-hydrogen) atoms. The molecular formula is C17H22ClN3O4. The number of carbonyl (C=O) groups is 1. The highest BCUT2D eigenvalue weighted by atomic mass is 35.5. The minimum Gasteiger partial charge on any atom is -0.459 e. The predicted octanol–water partition coefficient (Wildman–Crippen LogP) is 1.63. The second-order valence-corrected chi connectivity index (χ2v) is 6.55. The smallest absolute Gasteiger partial charge is 0.240 e. The van der Waals surface area contributed by atoms with E-state index in [2.05, 4.69) is 15.5 Å². The molecule has 1 aromatic carbocycles. The number of carbonyl (C=O) groups excluding carboxylic acids is 1. The fourth-order valence-corrected chi connectivity index (χ4v) is 3.17. The van der Waals surface area contributed by atoms with Crippen molar-refractivity contribution in [2.24, 2.45) is 0 Å². The van der Waals surface area contributed by atoms with E-state index in [-0.39, 0.29) is 19.3 Å². The zero-order valence-electron chi connectivity index (χ0n) is 13.8. The van der Waals surface area contributed by atoms with E-state index in [4.69, 9.17) is 21.1 Å². The van der Waals surface area contributed by atoms with Gasteiger partial charge in [0, 0.05) is 35.4 Å². The number of piperidine rings is 1. The van der Waals surface area contributed by atoms with Crippen LogP contribution in [0.15, 0.2) is 30.3 Å². The van der Waals surface area contributed by atoms with Gasteiger partial charge in [-0.05, 0) is 31.0 Å². The second kappa shape index (κ2) is 8.42. The van der Waals surface area contributed by atoms with Crippen molar-refractivity contribution >= 4 is 23.2 Å². The zero-order valence-corrected chi connectivity index (χ0v) is 14.6. The van der Waals surface area contributed by atoms with Crippen molar-refractivity contribution in [3.05, 3.63) is 40.9 Å². The van der Waals surface area contributed by atoms with Crippen molar-refractivity contribution in [2.45, 2.75) is 25.5 Å². The second-order valence-electron chi connectivity index (χ2n) is 6.11. The van der Waals surface area contributed by atoms with Gasteiger partial charge in [-0.1, -0.05) is 11.6 Å².